The number of aryl methyl sites for hydroxylation is 2. The van der Waals surface area contributed by atoms with E-state index in [9.17, 15) is 13.2 Å². The Morgan fingerprint density at radius 2 is 1.19 bits per heavy atom. The molecule has 21 heavy (non-hydrogen) atoms. The summed E-state index contributed by atoms with van der Waals surface area (Å²) in [5, 5.41) is 0. The van der Waals surface area contributed by atoms with Crippen molar-refractivity contribution in [3.05, 3.63) is 58.7 Å². The number of hydrogen-bond acceptors (Lipinski definition) is 2. The molecule has 0 aliphatic heterocycles. The molecule has 2 nitrogen and oxygen atoms in total. The van der Waals surface area contributed by atoms with Gasteiger partial charge in [0.2, 0.25) is 0 Å². The predicted molar refractivity (Wildman–Crippen MR) is 79.1 cm³/mol. The first-order valence-corrected chi connectivity index (χ1v) is 6.49. The maximum absolute atomic E-state index is 13.6. The normalized spacial score (nSPS) is 11.9. The Kier molecular flexibility index (Phi) is 3.85. The summed E-state index contributed by atoms with van der Waals surface area (Å²) in [4.78, 5) is 0. The number of halogens is 3. The first-order chi connectivity index (χ1) is 9.70. The van der Waals surface area contributed by atoms with Gasteiger partial charge in [-0.25, -0.2) is 0 Å². The number of anilines is 2. The summed E-state index contributed by atoms with van der Waals surface area (Å²) in [6, 6.07) is 8.99. The highest BCUT2D eigenvalue weighted by Crippen LogP contribution is 2.43. The standard InChI is InChI=1S/C16H17F3N2/c1-9-7-11(20)3-5-13(9)15(16(17,18)19)14-6-4-12(21)8-10(14)2/h3-8,15H,20-21H2,1-2H3. The summed E-state index contributed by atoms with van der Waals surface area (Å²) < 4.78 is 40.8. The molecule has 0 saturated heterocycles. The van der Waals surface area contributed by atoms with Gasteiger partial charge in [0.15, 0.2) is 0 Å². The topological polar surface area (TPSA) is 52.0 Å². The third kappa shape index (κ3) is 3.12. The summed E-state index contributed by atoms with van der Waals surface area (Å²) in [6.07, 6.45) is -4.39. The molecule has 4 N–H and O–H groups in total. The zero-order chi connectivity index (χ0) is 15.8. The fraction of sp³-hybridized carbons (Fsp3) is 0.250. The van der Waals surface area contributed by atoms with Crippen LogP contribution in [0.15, 0.2) is 36.4 Å². The van der Waals surface area contributed by atoms with Gasteiger partial charge in [0.1, 0.15) is 5.92 Å². The minimum absolute atomic E-state index is 0.213. The number of hydrogen-bond donors (Lipinski definition) is 2. The highest BCUT2D eigenvalue weighted by atomic mass is 19.4. The molecule has 0 heterocycles. The van der Waals surface area contributed by atoms with Crippen molar-refractivity contribution >= 4 is 11.4 Å². The second-order valence-corrected chi connectivity index (χ2v) is 5.21. The molecule has 0 aliphatic carbocycles. The van der Waals surface area contributed by atoms with Gasteiger partial charge in [-0.1, -0.05) is 12.1 Å². The van der Waals surface area contributed by atoms with E-state index in [1.54, 1.807) is 26.0 Å². The van der Waals surface area contributed by atoms with E-state index in [1.807, 2.05) is 0 Å². The molecule has 0 bridgehead atoms. The molecule has 0 fully saturated rings. The Bertz CT molecular complexity index is 612. The van der Waals surface area contributed by atoms with Crippen LogP contribution in [0.4, 0.5) is 24.5 Å². The molecule has 0 aliphatic rings. The second kappa shape index (κ2) is 5.31. The molecular weight excluding hydrogens is 277 g/mol. The summed E-state index contributed by atoms with van der Waals surface area (Å²) >= 11 is 0. The number of benzene rings is 2. The third-order valence-electron chi connectivity index (χ3n) is 3.54. The molecule has 0 saturated carbocycles. The van der Waals surface area contributed by atoms with E-state index >= 15 is 0 Å². The molecule has 0 radical (unpaired) electrons. The van der Waals surface area contributed by atoms with Gasteiger partial charge < -0.3 is 11.5 Å². The Balaban J connectivity index is 2.64. The lowest BCUT2D eigenvalue weighted by Gasteiger charge is -2.25. The molecule has 2 aromatic carbocycles. The van der Waals surface area contributed by atoms with Crippen LogP contribution in [0.3, 0.4) is 0 Å². The first kappa shape index (κ1) is 15.2. The molecule has 0 unspecified atom stereocenters. The minimum atomic E-state index is -4.39. The van der Waals surface area contributed by atoms with Gasteiger partial charge in [-0.2, -0.15) is 13.2 Å². The molecule has 112 valence electrons. The maximum atomic E-state index is 13.6. The quantitative estimate of drug-likeness (QED) is 0.817. The zero-order valence-corrected chi connectivity index (χ0v) is 11.8. The van der Waals surface area contributed by atoms with Crippen molar-refractivity contribution in [1.29, 1.82) is 0 Å². The van der Waals surface area contributed by atoms with Crippen molar-refractivity contribution in [2.45, 2.75) is 25.9 Å². The van der Waals surface area contributed by atoms with Crippen LogP contribution in [0, 0.1) is 13.8 Å². The van der Waals surface area contributed by atoms with Crippen molar-refractivity contribution in [2.75, 3.05) is 11.5 Å². The Labute approximate surface area is 121 Å². The fourth-order valence-electron chi connectivity index (χ4n) is 2.57. The average Bonchev–Trinajstić information content (AvgIpc) is 2.33. The van der Waals surface area contributed by atoms with E-state index in [4.69, 9.17) is 11.5 Å². The minimum Gasteiger partial charge on any atom is -0.399 e. The molecule has 5 heteroatoms. The monoisotopic (exact) mass is 294 g/mol. The van der Waals surface area contributed by atoms with Crippen LogP contribution < -0.4 is 11.5 Å². The lowest BCUT2D eigenvalue weighted by Crippen LogP contribution is -2.23. The van der Waals surface area contributed by atoms with Crippen LogP contribution >= 0.6 is 0 Å². The van der Waals surface area contributed by atoms with Gasteiger partial charge in [-0.15, -0.1) is 0 Å². The predicted octanol–water partition coefficient (Wildman–Crippen LogP) is 4.16. The van der Waals surface area contributed by atoms with Crippen LogP contribution in [0.1, 0.15) is 28.2 Å². The number of nitrogens with two attached hydrogens (primary N) is 2. The molecular formula is C16H17F3N2. The number of nitrogen functional groups attached to an aromatic ring is 2. The molecule has 2 aromatic rings. The third-order valence-corrected chi connectivity index (χ3v) is 3.54. The van der Waals surface area contributed by atoms with Gasteiger partial charge in [0, 0.05) is 11.4 Å². The molecule has 0 atom stereocenters. The van der Waals surface area contributed by atoms with E-state index in [-0.39, 0.29) is 11.1 Å². The average molecular weight is 294 g/mol. The van der Waals surface area contributed by atoms with Gasteiger partial charge in [-0.05, 0) is 60.4 Å². The van der Waals surface area contributed by atoms with Gasteiger partial charge in [0.05, 0.1) is 0 Å². The lowest BCUT2D eigenvalue weighted by atomic mass is 9.85. The molecule has 0 aromatic heterocycles. The highest BCUT2D eigenvalue weighted by Gasteiger charge is 2.43. The highest BCUT2D eigenvalue weighted by molar-refractivity contribution is 5.52. The van der Waals surface area contributed by atoms with E-state index in [2.05, 4.69) is 0 Å². The Morgan fingerprint density at radius 3 is 1.48 bits per heavy atom. The molecule has 0 amide bonds. The van der Waals surface area contributed by atoms with Crippen molar-refractivity contribution < 1.29 is 13.2 Å². The van der Waals surface area contributed by atoms with Crippen LogP contribution in [0.2, 0.25) is 0 Å². The zero-order valence-electron chi connectivity index (χ0n) is 11.8. The largest absolute Gasteiger partial charge is 0.399 e. The van der Waals surface area contributed by atoms with Crippen LogP contribution in [0.5, 0.6) is 0 Å². The maximum Gasteiger partial charge on any atom is 0.399 e. The number of rotatable bonds is 2. The van der Waals surface area contributed by atoms with Gasteiger partial charge in [-0.3, -0.25) is 0 Å². The van der Waals surface area contributed by atoms with Crippen LogP contribution in [-0.2, 0) is 0 Å². The van der Waals surface area contributed by atoms with E-state index in [0.29, 0.717) is 22.5 Å². The smallest absolute Gasteiger partial charge is 0.399 e. The first-order valence-electron chi connectivity index (χ1n) is 6.49. The summed E-state index contributed by atoms with van der Waals surface area (Å²) in [7, 11) is 0. The Hall–Kier alpha value is -2.17. The van der Waals surface area contributed by atoms with Crippen LogP contribution in [0.25, 0.3) is 0 Å². The van der Waals surface area contributed by atoms with Crippen molar-refractivity contribution in [1.82, 2.24) is 0 Å². The van der Waals surface area contributed by atoms with E-state index in [0.717, 1.165) is 0 Å². The second-order valence-electron chi connectivity index (χ2n) is 5.21. The summed E-state index contributed by atoms with van der Waals surface area (Å²) in [5.41, 5.74) is 13.6. The van der Waals surface area contributed by atoms with E-state index in [1.165, 1.54) is 24.3 Å². The Morgan fingerprint density at radius 1 is 0.810 bits per heavy atom. The SMILES string of the molecule is Cc1cc(N)ccc1C(c1ccc(N)cc1C)C(F)(F)F. The fourth-order valence-corrected chi connectivity index (χ4v) is 2.57. The van der Waals surface area contributed by atoms with Gasteiger partial charge >= 0.3 is 6.18 Å². The van der Waals surface area contributed by atoms with Crippen molar-refractivity contribution in [3.8, 4) is 0 Å². The van der Waals surface area contributed by atoms with Crippen molar-refractivity contribution in [2.24, 2.45) is 0 Å². The number of alkyl halides is 3. The van der Waals surface area contributed by atoms with Crippen LogP contribution in [-0.4, -0.2) is 6.18 Å². The van der Waals surface area contributed by atoms with Gasteiger partial charge in [0.25, 0.3) is 0 Å². The van der Waals surface area contributed by atoms with Crippen molar-refractivity contribution in [3.63, 3.8) is 0 Å². The van der Waals surface area contributed by atoms with E-state index < -0.39 is 12.1 Å². The summed E-state index contributed by atoms with van der Waals surface area (Å²) in [6.45, 7) is 3.27. The lowest BCUT2D eigenvalue weighted by molar-refractivity contribution is -0.141. The summed E-state index contributed by atoms with van der Waals surface area (Å²) in [5.74, 6) is -1.68. The molecule has 2 rings (SSSR count). The molecule has 0 spiro atoms.